The number of nitrogens with one attached hydrogen (secondary N) is 1. The molecular formula is C9H10FN5S. The van der Waals surface area contributed by atoms with E-state index >= 15 is 0 Å². The first kappa shape index (κ1) is 10.9. The molecule has 1 N–H and O–H groups in total. The summed E-state index contributed by atoms with van der Waals surface area (Å²) in [6.45, 7) is 0. The molecule has 0 aliphatic heterocycles. The average molecular weight is 239 g/mol. The van der Waals surface area contributed by atoms with Crippen LogP contribution in [0.15, 0.2) is 28.8 Å². The molecule has 2 rings (SSSR count). The predicted octanol–water partition coefficient (Wildman–Crippen LogP) is 1.54. The summed E-state index contributed by atoms with van der Waals surface area (Å²) in [6, 6.07) is 0. The van der Waals surface area contributed by atoms with Crippen LogP contribution >= 0.6 is 11.8 Å². The smallest absolute Gasteiger partial charge is 0.223 e. The van der Waals surface area contributed by atoms with E-state index < -0.39 is 5.82 Å². The number of hydrogen-bond acceptors (Lipinski definition) is 5. The molecule has 0 saturated heterocycles. The molecular weight excluding hydrogens is 229 g/mol. The van der Waals surface area contributed by atoms with Crippen LogP contribution in [0.4, 0.5) is 10.3 Å². The van der Waals surface area contributed by atoms with Gasteiger partial charge in [0.2, 0.25) is 5.95 Å². The third-order valence-corrected chi connectivity index (χ3v) is 2.96. The summed E-state index contributed by atoms with van der Waals surface area (Å²) < 4.78 is 15.2. The van der Waals surface area contributed by atoms with Crippen molar-refractivity contribution in [3.63, 3.8) is 0 Å². The molecule has 0 aliphatic rings. The van der Waals surface area contributed by atoms with Gasteiger partial charge in [-0.15, -0.1) is 0 Å². The predicted molar refractivity (Wildman–Crippen MR) is 58.9 cm³/mol. The SMILES string of the molecule is CNc1ncc(F)c(Sc2nccn2C)n1. The van der Waals surface area contributed by atoms with Gasteiger partial charge in [0.05, 0.1) is 6.20 Å². The third kappa shape index (κ3) is 2.13. The first-order valence-corrected chi connectivity index (χ1v) is 5.38. The van der Waals surface area contributed by atoms with Gasteiger partial charge in [-0.25, -0.2) is 19.3 Å². The van der Waals surface area contributed by atoms with E-state index in [1.807, 2.05) is 7.05 Å². The molecule has 5 nitrogen and oxygen atoms in total. The molecule has 2 aromatic rings. The van der Waals surface area contributed by atoms with E-state index in [1.54, 1.807) is 24.0 Å². The average Bonchev–Trinajstić information content (AvgIpc) is 2.68. The van der Waals surface area contributed by atoms with Gasteiger partial charge in [-0.1, -0.05) is 0 Å². The van der Waals surface area contributed by atoms with Crippen molar-refractivity contribution in [3.8, 4) is 0 Å². The summed E-state index contributed by atoms with van der Waals surface area (Å²) in [5.41, 5.74) is 0. The zero-order valence-corrected chi connectivity index (χ0v) is 9.62. The normalized spacial score (nSPS) is 10.4. The monoisotopic (exact) mass is 239 g/mol. The minimum atomic E-state index is -0.452. The second kappa shape index (κ2) is 4.48. The number of nitrogens with zero attached hydrogens (tertiary/aromatic N) is 4. The highest BCUT2D eigenvalue weighted by Gasteiger charge is 2.10. The number of hydrogen-bond donors (Lipinski definition) is 1. The fourth-order valence-corrected chi connectivity index (χ4v) is 1.85. The zero-order valence-electron chi connectivity index (χ0n) is 8.81. The van der Waals surface area contributed by atoms with Crippen molar-refractivity contribution in [1.29, 1.82) is 0 Å². The van der Waals surface area contributed by atoms with Crippen LogP contribution in [0.5, 0.6) is 0 Å². The highest BCUT2D eigenvalue weighted by Crippen LogP contribution is 2.26. The lowest BCUT2D eigenvalue weighted by molar-refractivity contribution is 0.579. The van der Waals surface area contributed by atoms with Crippen LogP contribution in [0, 0.1) is 5.82 Å². The number of halogens is 1. The number of aromatic nitrogens is 4. The van der Waals surface area contributed by atoms with Crippen molar-refractivity contribution in [2.45, 2.75) is 10.2 Å². The van der Waals surface area contributed by atoms with Gasteiger partial charge in [-0.05, 0) is 11.8 Å². The lowest BCUT2D eigenvalue weighted by Crippen LogP contribution is -1.99. The maximum atomic E-state index is 13.4. The standard InChI is InChI=1S/C9H10FN5S/c1-11-8-13-5-6(10)7(14-8)16-9-12-3-4-15(9)2/h3-5H,1-2H3,(H,11,13,14). The lowest BCUT2D eigenvalue weighted by Gasteiger charge is -2.03. The number of rotatable bonds is 3. The second-order valence-electron chi connectivity index (χ2n) is 3.02. The van der Waals surface area contributed by atoms with Crippen LogP contribution in [-0.2, 0) is 7.05 Å². The molecule has 0 atom stereocenters. The largest absolute Gasteiger partial charge is 0.357 e. The highest BCUT2D eigenvalue weighted by molar-refractivity contribution is 7.99. The molecule has 0 fully saturated rings. The molecule has 0 unspecified atom stereocenters. The van der Waals surface area contributed by atoms with Crippen molar-refractivity contribution >= 4 is 17.7 Å². The minimum Gasteiger partial charge on any atom is -0.357 e. The van der Waals surface area contributed by atoms with Crippen LogP contribution in [0.25, 0.3) is 0 Å². The Morgan fingerprint density at radius 1 is 1.44 bits per heavy atom. The topological polar surface area (TPSA) is 55.6 Å². The first-order chi connectivity index (χ1) is 7.70. The molecule has 0 aromatic carbocycles. The van der Waals surface area contributed by atoms with Gasteiger partial charge in [0.15, 0.2) is 11.0 Å². The maximum absolute atomic E-state index is 13.4. The van der Waals surface area contributed by atoms with Crippen molar-refractivity contribution in [2.24, 2.45) is 7.05 Å². The molecule has 2 aromatic heterocycles. The Hall–Kier alpha value is -1.63. The van der Waals surface area contributed by atoms with E-state index in [2.05, 4.69) is 20.3 Å². The molecule has 84 valence electrons. The van der Waals surface area contributed by atoms with Crippen molar-refractivity contribution in [3.05, 3.63) is 24.4 Å². The first-order valence-electron chi connectivity index (χ1n) is 4.56. The van der Waals surface area contributed by atoms with Gasteiger partial charge in [0, 0.05) is 26.5 Å². The Bertz CT molecular complexity index is 498. The summed E-state index contributed by atoms with van der Waals surface area (Å²) in [7, 11) is 3.52. The van der Waals surface area contributed by atoms with Crippen LogP contribution in [0.1, 0.15) is 0 Å². The summed E-state index contributed by atoms with van der Waals surface area (Å²) in [5, 5.41) is 3.70. The molecule has 2 heterocycles. The molecule has 16 heavy (non-hydrogen) atoms. The summed E-state index contributed by atoms with van der Waals surface area (Å²) >= 11 is 1.16. The number of imidazole rings is 1. The fraction of sp³-hybridized carbons (Fsp3) is 0.222. The third-order valence-electron chi connectivity index (χ3n) is 1.90. The van der Waals surface area contributed by atoms with Gasteiger partial charge < -0.3 is 9.88 Å². The van der Waals surface area contributed by atoms with Gasteiger partial charge in [-0.3, -0.25) is 0 Å². The quantitative estimate of drug-likeness (QED) is 0.823. The highest BCUT2D eigenvalue weighted by atomic mass is 32.2. The molecule has 7 heteroatoms. The van der Waals surface area contributed by atoms with Crippen LogP contribution in [0.3, 0.4) is 0 Å². The van der Waals surface area contributed by atoms with E-state index in [-0.39, 0.29) is 5.03 Å². The van der Waals surface area contributed by atoms with Crippen LogP contribution in [0.2, 0.25) is 0 Å². The molecule has 0 bridgehead atoms. The van der Waals surface area contributed by atoms with Gasteiger partial charge in [0.25, 0.3) is 0 Å². The van der Waals surface area contributed by atoms with Crippen molar-refractivity contribution in [2.75, 3.05) is 12.4 Å². The molecule has 0 amide bonds. The van der Waals surface area contributed by atoms with Gasteiger partial charge in [-0.2, -0.15) is 0 Å². The summed E-state index contributed by atoms with van der Waals surface area (Å²) in [6.07, 6.45) is 4.59. The van der Waals surface area contributed by atoms with E-state index in [1.165, 1.54) is 0 Å². The minimum absolute atomic E-state index is 0.258. The zero-order chi connectivity index (χ0) is 11.5. The van der Waals surface area contributed by atoms with E-state index in [0.717, 1.165) is 18.0 Å². The Labute approximate surface area is 96.1 Å². The molecule has 0 saturated carbocycles. The maximum Gasteiger partial charge on any atom is 0.223 e. The molecule has 0 spiro atoms. The Kier molecular flexibility index (Phi) is 3.04. The van der Waals surface area contributed by atoms with Gasteiger partial charge in [0.1, 0.15) is 5.03 Å². The lowest BCUT2D eigenvalue weighted by atomic mass is 10.6. The summed E-state index contributed by atoms with van der Waals surface area (Å²) in [4.78, 5) is 11.9. The van der Waals surface area contributed by atoms with Crippen LogP contribution < -0.4 is 5.32 Å². The van der Waals surface area contributed by atoms with Crippen molar-refractivity contribution in [1.82, 2.24) is 19.5 Å². The Balaban J connectivity index is 2.30. The van der Waals surface area contributed by atoms with Gasteiger partial charge >= 0.3 is 0 Å². The number of aryl methyl sites for hydroxylation is 1. The Morgan fingerprint density at radius 2 is 2.25 bits per heavy atom. The van der Waals surface area contributed by atoms with Crippen LogP contribution in [-0.4, -0.2) is 26.6 Å². The molecule has 0 aliphatic carbocycles. The van der Waals surface area contributed by atoms with E-state index in [0.29, 0.717) is 11.1 Å². The second-order valence-corrected chi connectivity index (χ2v) is 3.98. The summed E-state index contributed by atoms with van der Waals surface area (Å²) in [5.74, 6) is -0.0647. The van der Waals surface area contributed by atoms with E-state index in [9.17, 15) is 4.39 Å². The number of anilines is 1. The van der Waals surface area contributed by atoms with Crippen molar-refractivity contribution < 1.29 is 4.39 Å². The fourth-order valence-electron chi connectivity index (χ4n) is 1.08. The Morgan fingerprint density at radius 3 is 2.88 bits per heavy atom. The molecule has 0 radical (unpaired) electrons. The van der Waals surface area contributed by atoms with E-state index in [4.69, 9.17) is 0 Å².